The predicted molar refractivity (Wildman–Crippen MR) is 166 cm³/mol. The molecule has 0 amide bonds. The second-order valence-corrected chi connectivity index (χ2v) is 10.5. The van der Waals surface area contributed by atoms with Gasteiger partial charge in [-0.1, -0.05) is 109 Å². The van der Waals surface area contributed by atoms with E-state index in [0.29, 0.717) is 5.89 Å². The molecule has 0 unspecified atom stereocenters. The SMILES string of the molecule is c1ccc(C2(c3cccc(Nc4cccc(-c5nc6ccccc6o5)c4)c3)c3ccccc3-c3ccccc32)cc1. The number of benzene rings is 6. The minimum atomic E-state index is -0.424. The monoisotopic (exact) mass is 526 g/mol. The van der Waals surface area contributed by atoms with Gasteiger partial charge in [-0.3, -0.25) is 0 Å². The molecule has 0 bridgehead atoms. The first-order valence-corrected chi connectivity index (χ1v) is 13.9. The molecule has 0 spiro atoms. The number of fused-ring (bicyclic) bond motifs is 4. The van der Waals surface area contributed by atoms with E-state index in [1.54, 1.807) is 0 Å². The molecule has 8 rings (SSSR count). The maximum atomic E-state index is 6.04. The third kappa shape index (κ3) is 3.70. The Morgan fingerprint density at radius 1 is 0.512 bits per heavy atom. The van der Waals surface area contributed by atoms with Crippen LogP contribution in [0.4, 0.5) is 11.4 Å². The predicted octanol–water partition coefficient (Wildman–Crippen LogP) is 9.60. The Morgan fingerprint density at radius 2 is 1.12 bits per heavy atom. The number of para-hydroxylation sites is 2. The van der Waals surface area contributed by atoms with Crippen LogP contribution in [0, 0.1) is 0 Å². The van der Waals surface area contributed by atoms with E-state index in [1.807, 2.05) is 36.4 Å². The summed E-state index contributed by atoms with van der Waals surface area (Å²) >= 11 is 0. The molecule has 1 aliphatic rings. The van der Waals surface area contributed by atoms with Crippen molar-refractivity contribution in [2.45, 2.75) is 5.41 Å². The molecule has 1 aliphatic carbocycles. The van der Waals surface area contributed by atoms with Gasteiger partial charge in [0.1, 0.15) is 5.52 Å². The first-order valence-electron chi connectivity index (χ1n) is 13.9. The maximum Gasteiger partial charge on any atom is 0.227 e. The largest absolute Gasteiger partial charge is 0.436 e. The minimum absolute atomic E-state index is 0.424. The van der Waals surface area contributed by atoms with Crippen molar-refractivity contribution in [3.8, 4) is 22.6 Å². The molecule has 0 fully saturated rings. The fourth-order valence-electron chi connectivity index (χ4n) is 6.43. The number of nitrogens with zero attached hydrogens (tertiary/aromatic N) is 1. The quantitative estimate of drug-likeness (QED) is 0.243. The molecular weight excluding hydrogens is 500 g/mol. The van der Waals surface area contributed by atoms with Crippen molar-refractivity contribution in [3.63, 3.8) is 0 Å². The highest BCUT2D eigenvalue weighted by molar-refractivity contribution is 5.86. The summed E-state index contributed by atoms with van der Waals surface area (Å²) in [6.45, 7) is 0. The summed E-state index contributed by atoms with van der Waals surface area (Å²) in [5, 5.41) is 3.66. The Bertz CT molecular complexity index is 1960. The van der Waals surface area contributed by atoms with Gasteiger partial charge in [-0.2, -0.15) is 0 Å². The molecule has 0 saturated heterocycles. The summed E-state index contributed by atoms with van der Waals surface area (Å²) in [5.41, 5.74) is 11.8. The van der Waals surface area contributed by atoms with Crippen molar-refractivity contribution in [2.75, 3.05) is 5.32 Å². The fraction of sp³-hybridized carbons (Fsp3) is 0.0263. The first kappa shape index (κ1) is 23.5. The Balaban J connectivity index is 1.25. The van der Waals surface area contributed by atoms with Crippen LogP contribution in [0.2, 0.25) is 0 Å². The zero-order valence-electron chi connectivity index (χ0n) is 22.3. The summed E-state index contributed by atoms with van der Waals surface area (Å²) < 4.78 is 6.04. The average Bonchev–Trinajstić information content (AvgIpc) is 3.60. The molecule has 1 heterocycles. The van der Waals surface area contributed by atoms with Gasteiger partial charge >= 0.3 is 0 Å². The number of oxazole rings is 1. The minimum Gasteiger partial charge on any atom is -0.436 e. The van der Waals surface area contributed by atoms with Crippen molar-refractivity contribution in [2.24, 2.45) is 0 Å². The summed E-state index contributed by atoms with van der Waals surface area (Å²) in [6.07, 6.45) is 0. The van der Waals surface area contributed by atoms with E-state index in [1.165, 1.54) is 33.4 Å². The Hall–Kier alpha value is -5.41. The Morgan fingerprint density at radius 3 is 1.88 bits per heavy atom. The lowest BCUT2D eigenvalue weighted by molar-refractivity contribution is 0.620. The lowest BCUT2D eigenvalue weighted by atomic mass is 9.67. The Kier molecular flexibility index (Phi) is 5.36. The van der Waals surface area contributed by atoms with Gasteiger partial charge in [0.25, 0.3) is 0 Å². The van der Waals surface area contributed by atoms with Crippen molar-refractivity contribution in [1.82, 2.24) is 4.98 Å². The smallest absolute Gasteiger partial charge is 0.227 e. The summed E-state index contributed by atoms with van der Waals surface area (Å²) in [4.78, 5) is 4.69. The number of nitrogens with one attached hydrogen (secondary N) is 1. The normalized spacial score (nSPS) is 13.1. The van der Waals surface area contributed by atoms with Crippen LogP contribution in [0.3, 0.4) is 0 Å². The highest BCUT2D eigenvalue weighted by atomic mass is 16.3. The van der Waals surface area contributed by atoms with E-state index in [-0.39, 0.29) is 0 Å². The van der Waals surface area contributed by atoms with Gasteiger partial charge < -0.3 is 9.73 Å². The summed E-state index contributed by atoms with van der Waals surface area (Å²) in [5.74, 6) is 0.616. The van der Waals surface area contributed by atoms with E-state index >= 15 is 0 Å². The van der Waals surface area contributed by atoms with Crippen LogP contribution in [0.1, 0.15) is 22.3 Å². The van der Waals surface area contributed by atoms with Gasteiger partial charge in [-0.25, -0.2) is 4.98 Å². The van der Waals surface area contributed by atoms with E-state index < -0.39 is 5.41 Å². The number of hydrogen-bond acceptors (Lipinski definition) is 3. The van der Waals surface area contributed by atoms with Gasteiger partial charge in [0.2, 0.25) is 5.89 Å². The number of aromatic nitrogens is 1. The molecule has 41 heavy (non-hydrogen) atoms. The van der Waals surface area contributed by atoms with E-state index in [0.717, 1.165) is 28.0 Å². The van der Waals surface area contributed by atoms with E-state index in [9.17, 15) is 0 Å². The number of anilines is 2. The van der Waals surface area contributed by atoms with Crippen molar-refractivity contribution in [3.05, 3.63) is 174 Å². The van der Waals surface area contributed by atoms with Gasteiger partial charge in [0, 0.05) is 16.9 Å². The molecule has 3 nitrogen and oxygen atoms in total. The van der Waals surface area contributed by atoms with Crippen LogP contribution in [-0.2, 0) is 5.41 Å². The molecule has 0 atom stereocenters. The molecule has 1 aromatic heterocycles. The average molecular weight is 527 g/mol. The molecule has 0 aliphatic heterocycles. The fourth-order valence-corrected chi connectivity index (χ4v) is 6.43. The third-order valence-electron chi connectivity index (χ3n) is 8.15. The van der Waals surface area contributed by atoms with Gasteiger partial charge in [-0.05, 0) is 75.8 Å². The second kappa shape index (κ2) is 9.35. The van der Waals surface area contributed by atoms with Gasteiger partial charge in [-0.15, -0.1) is 0 Å². The molecular formula is C38H26N2O. The first-order chi connectivity index (χ1) is 20.3. The molecule has 0 radical (unpaired) electrons. The number of rotatable bonds is 5. The van der Waals surface area contributed by atoms with Crippen LogP contribution >= 0.6 is 0 Å². The molecule has 194 valence electrons. The van der Waals surface area contributed by atoms with E-state index in [4.69, 9.17) is 4.42 Å². The highest BCUT2D eigenvalue weighted by Crippen LogP contribution is 2.56. The van der Waals surface area contributed by atoms with Gasteiger partial charge in [0.15, 0.2) is 5.58 Å². The lowest BCUT2D eigenvalue weighted by Crippen LogP contribution is -2.28. The van der Waals surface area contributed by atoms with Crippen molar-refractivity contribution < 1.29 is 4.42 Å². The van der Waals surface area contributed by atoms with Gasteiger partial charge in [0.05, 0.1) is 5.41 Å². The standard InChI is InChI=1S/C38H26N2O/c1-2-13-27(14-3-1)38(33-20-6-4-18-31(33)32-19-5-7-21-34(32)38)28-15-11-17-30(25-28)39-29-16-10-12-26(24-29)37-40-35-22-8-9-23-36(35)41-37/h1-25,39H. The van der Waals surface area contributed by atoms with Crippen LogP contribution in [-0.4, -0.2) is 4.98 Å². The molecule has 6 aromatic carbocycles. The zero-order chi connectivity index (χ0) is 27.2. The molecule has 3 heteroatoms. The summed E-state index contributed by atoms with van der Waals surface area (Å²) in [6, 6.07) is 53.4. The molecule has 7 aromatic rings. The van der Waals surface area contributed by atoms with Crippen molar-refractivity contribution >= 4 is 22.5 Å². The molecule has 1 N–H and O–H groups in total. The highest BCUT2D eigenvalue weighted by Gasteiger charge is 2.45. The van der Waals surface area contributed by atoms with E-state index in [2.05, 4.69) is 126 Å². The van der Waals surface area contributed by atoms with Crippen LogP contribution in [0.25, 0.3) is 33.7 Å². The maximum absolute atomic E-state index is 6.04. The Labute approximate surface area is 238 Å². The summed E-state index contributed by atoms with van der Waals surface area (Å²) in [7, 11) is 0. The van der Waals surface area contributed by atoms with Crippen LogP contribution in [0.5, 0.6) is 0 Å². The van der Waals surface area contributed by atoms with Crippen LogP contribution in [0.15, 0.2) is 156 Å². The topological polar surface area (TPSA) is 38.1 Å². The second-order valence-electron chi connectivity index (χ2n) is 10.5. The molecule has 0 saturated carbocycles. The zero-order valence-corrected chi connectivity index (χ0v) is 22.3. The van der Waals surface area contributed by atoms with Crippen molar-refractivity contribution in [1.29, 1.82) is 0 Å². The number of hydrogen-bond donors (Lipinski definition) is 1. The lowest BCUT2D eigenvalue weighted by Gasteiger charge is -2.34. The van der Waals surface area contributed by atoms with Crippen LogP contribution < -0.4 is 5.32 Å². The third-order valence-corrected chi connectivity index (χ3v) is 8.15.